The van der Waals surface area contributed by atoms with Crippen LogP contribution in [0.2, 0.25) is 0 Å². The molecule has 0 amide bonds. The number of methoxy groups -OCH3 is 1. The van der Waals surface area contributed by atoms with E-state index >= 15 is 0 Å². The lowest BCUT2D eigenvalue weighted by atomic mass is 9.70. The van der Waals surface area contributed by atoms with Crippen LogP contribution < -0.4 is 0 Å². The lowest BCUT2D eigenvalue weighted by Gasteiger charge is -2.46. The molecule has 1 aliphatic carbocycles. The Balaban J connectivity index is 0.00000341. The quantitative estimate of drug-likeness (QED) is 0.264. The van der Waals surface area contributed by atoms with Gasteiger partial charge in [0.25, 0.3) is 0 Å². The molecule has 31 heavy (non-hydrogen) atoms. The first-order chi connectivity index (χ1) is 14.1. The number of epoxide rings is 1. The van der Waals surface area contributed by atoms with Crippen molar-refractivity contribution in [1.82, 2.24) is 0 Å². The minimum Gasteiger partial charge on any atom is -0.390 e. The fourth-order valence-electron chi connectivity index (χ4n) is 4.93. The highest BCUT2D eigenvalue weighted by molar-refractivity contribution is 8.93. The largest absolute Gasteiger partial charge is 0.390 e. The highest BCUT2D eigenvalue weighted by atomic mass is 79.9. The first-order valence-corrected chi connectivity index (χ1v) is 11.4. The Morgan fingerprint density at radius 2 is 2.10 bits per heavy atom. The SMILES string of the molecule is Br.COC1C(O)CCC(O)(CS)C1CCc1ccc(F)cc1C1(C)OC1CC=C(C)C. The van der Waals surface area contributed by atoms with Crippen LogP contribution in [0.1, 0.15) is 57.6 Å². The molecule has 2 fully saturated rings. The third-order valence-electron chi connectivity index (χ3n) is 6.90. The van der Waals surface area contributed by atoms with E-state index in [0.29, 0.717) is 31.4 Å². The van der Waals surface area contributed by atoms with Gasteiger partial charge in [-0.1, -0.05) is 17.7 Å². The molecule has 0 bridgehead atoms. The molecular formula is C24H36BrFO4S. The van der Waals surface area contributed by atoms with Crippen molar-refractivity contribution in [2.45, 2.75) is 82.4 Å². The van der Waals surface area contributed by atoms with Crippen LogP contribution >= 0.6 is 29.6 Å². The van der Waals surface area contributed by atoms with Gasteiger partial charge in [-0.05, 0) is 76.1 Å². The average Bonchev–Trinajstić information content (AvgIpc) is 3.39. The van der Waals surface area contributed by atoms with E-state index in [2.05, 4.69) is 32.6 Å². The normalized spacial score (nSPS) is 34.7. The van der Waals surface area contributed by atoms with Crippen LogP contribution in [0.5, 0.6) is 0 Å². The third kappa shape index (κ3) is 5.74. The summed E-state index contributed by atoms with van der Waals surface area (Å²) < 4.78 is 25.7. The maximum atomic E-state index is 14.1. The Morgan fingerprint density at radius 1 is 1.39 bits per heavy atom. The van der Waals surface area contributed by atoms with E-state index in [4.69, 9.17) is 9.47 Å². The lowest BCUT2D eigenvalue weighted by Crippen LogP contribution is -2.55. The first kappa shape index (κ1) is 26.8. The number of allylic oxidation sites excluding steroid dienone is 1. The van der Waals surface area contributed by atoms with E-state index < -0.39 is 23.4 Å². The van der Waals surface area contributed by atoms with Crippen molar-refractivity contribution >= 4 is 29.6 Å². The zero-order valence-electron chi connectivity index (χ0n) is 18.8. The number of benzene rings is 1. The van der Waals surface area contributed by atoms with Crippen molar-refractivity contribution in [3.05, 3.63) is 46.8 Å². The van der Waals surface area contributed by atoms with Crippen LogP contribution in [-0.4, -0.2) is 47.0 Å². The van der Waals surface area contributed by atoms with Gasteiger partial charge < -0.3 is 19.7 Å². The number of hydrogen-bond acceptors (Lipinski definition) is 5. The van der Waals surface area contributed by atoms with Crippen molar-refractivity contribution in [1.29, 1.82) is 0 Å². The van der Waals surface area contributed by atoms with Crippen LogP contribution in [0.4, 0.5) is 4.39 Å². The number of rotatable bonds is 8. The van der Waals surface area contributed by atoms with Crippen LogP contribution in [0.25, 0.3) is 0 Å². The highest BCUT2D eigenvalue weighted by Gasteiger charge is 2.54. The highest BCUT2D eigenvalue weighted by Crippen LogP contribution is 2.50. The molecule has 1 saturated heterocycles. The number of aliphatic hydroxyl groups excluding tert-OH is 1. The fourth-order valence-corrected chi connectivity index (χ4v) is 5.32. The molecule has 2 aliphatic rings. The molecule has 0 spiro atoms. The molecule has 1 aromatic rings. The number of ether oxygens (including phenoxy) is 2. The van der Waals surface area contributed by atoms with Gasteiger partial charge in [0.1, 0.15) is 11.4 Å². The van der Waals surface area contributed by atoms with Crippen molar-refractivity contribution in [3.63, 3.8) is 0 Å². The third-order valence-corrected chi connectivity index (χ3v) is 7.45. The van der Waals surface area contributed by atoms with Gasteiger partial charge >= 0.3 is 0 Å². The van der Waals surface area contributed by atoms with E-state index in [1.807, 2.05) is 13.0 Å². The summed E-state index contributed by atoms with van der Waals surface area (Å²) in [5, 5.41) is 21.5. The number of aliphatic hydroxyl groups is 2. The van der Waals surface area contributed by atoms with Crippen LogP contribution in [-0.2, 0) is 21.5 Å². The predicted octanol–water partition coefficient (Wildman–Crippen LogP) is 4.75. The molecule has 6 unspecified atom stereocenters. The second-order valence-corrected chi connectivity index (χ2v) is 9.56. The fraction of sp³-hybridized carbons (Fsp3) is 0.667. The molecule has 0 radical (unpaired) electrons. The molecule has 1 aromatic carbocycles. The van der Waals surface area contributed by atoms with Gasteiger partial charge in [-0.15, -0.1) is 17.0 Å². The van der Waals surface area contributed by atoms with Gasteiger partial charge in [-0.25, -0.2) is 4.39 Å². The number of aryl methyl sites for hydroxylation is 1. The van der Waals surface area contributed by atoms with Crippen LogP contribution in [0.3, 0.4) is 0 Å². The van der Waals surface area contributed by atoms with Crippen LogP contribution in [0.15, 0.2) is 29.8 Å². The molecule has 1 heterocycles. The molecule has 0 aromatic heterocycles. The Bertz CT molecular complexity index is 787. The Kier molecular flexibility index (Phi) is 9.22. The lowest BCUT2D eigenvalue weighted by molar-refractivity contribution is -0.152. The monoisotopic (exact) mass is 518 g/mol. The first-order valence-electron chi connectivity index (χ1n) is 10.8. The van der Waals surface area contributed by atoms with Gasteiger partial charge in [-0.2, -0.15) is 12.6 Å². The molecule has 3 rings (SSSR count). The number of halogens is 2. The molecule has 2 N–H and O–H groups in total. The van der Waals surface area contributed by atoms with Crippen molar-refractivity contribution in [2.75, 3.05) is 12.9 Å². The standard InChI is InChI=1S/C24H35FO4S.BrH/c1-15(2)5-10-21-23(3,29-21)19-13-17(25)8-6-16(19)7-9-18-22(28-4)20(26)11-12-24(18,27)14-30;/h5-6,8,13,18,20-22,26-27,30H,7,9-12,14H2,1-4H3;1H. The molecule has 176 valence electrons. The Hall–Kier alpha value is -0.440. The van der Waals surface area contributed by atoms with Gasteiger partial charge in [0.15, 0.2) is 0 Å². The summed E-state index contributed by atoms with van der Waals surface area (Å²) in [5.41, 5.74) is 1.62. The predicted molar refractivity (Wildman–Crippen MR) is 130 cm³/mol. The second kappa shape index (κ2) is 10.7. The summed E-state index contributed by atoms with van der Waals surface area (Å²) in [6, 6.07) is 4.87. The maximum absolute atomic E-state index is 14.1. The van der Waals surface area contributed by atoms with Gasteiger partial charge in [0.2, 0.25) is 0 Å². The van der Waals surface area contributed by atoms with Gasteiger partial charge in [-0.3, -0.25) is 0 Å². The van der Waals surface area contributed by atoms with Crippen molar-refractivity contribution in [3.8, 4) is 0 Å². The summed E-state index contributed by atoms with van der Waals surface area (Å²) in [7, 11) is 1.57. The molecule has 1 aliphatic heterocycles. The van der Waals surface area contributed by atoms with Gasteiger partial charge in [0.05, 0.1) is 23.9 Å². The maximum Gasteiger partial charge on any atom is 0.123 e. The van der Waals surface area contributed by atoms with Crippen molar-refractivity contribution < 1.29 is 24.1 Å². The van der Waals surface area contributed by atoms with Crippen molar-refractivity contribution in [2.24, 2.45) is 5.92 Å². The molecule has 1 saturated carbocycles. The minimum atomic E-state index is -0.991. The summed E-state index contributed by atoms with van der Waals surface area (Å²) in [6.45, 7) is 6.13. The van der Waals surface area contributed by atoms with E-state index in [1.165, 1.54) is 11.6 Å². The summed E-state index contributed by atoms with van der Waals surface area (Å²) in [5.74, 6) is -0.219. The summed E-state index contributed by atoms with van der Waals surface area (Å²) in [6.07, 6.45) is 4.16. The number of hydrogen-bond donors (Lipinski definition) is 3. The van der Waals surface area contributed by atoms with E-state index in [0.717, 1.165) is 17.5 Å². The second-order valence-electron chi connectivity index (χ2n) is 9.25. The summed E-state index contributed by atoms with van der Waals surface area (Å²) in [4.78, 5) is 0. The Labute approximate surface area is 201 Å². The van der Waals surface area contributed by atoms with Gasteiger partial charge in [0, 0.05) is 18.8 Å². The van der Waals surface area contributed by atoms with Crippen LogP contribution in [0, 0.1) is 11.7 Å². The smallest absolute Gasteiger partial charge is 0.123 e. The minimum absolute atomic E-state index is 0. The zero-order valence-corrected chi connectivity index (χ0v) is 21.4. The topological polar surface area (TPSA) is 62.2 Å². The molecule has 6 atom stereocenters. The van der Waals surface area contributed by atoms with E-state index in [9.17, 15) is 14.6 Å². The molecular weight excluding hydrogens is 483 g/mol. The zero-order chi connectivity index (χ0) is 22.1. The average molecular weight is 520 g/mol. The van der Waals surface area contributed by atoms with E-state index in [1.54, 1.807) is 13.2 Å². The summed E-state index contributed by atoms with van der Waals surface area (Å²) >= 11 is 4.38. The Morgan fingerprint density at radius 3 is 2.71 bits per heavy atom. The van der Waals surface area contributed by atoms with E-state index in [-0.39, 0.29) is 34.8 Å². The molecule has 7 heteroatoms. The number of thiol groups is 1. The molecule has 4 nitrogen and oxygen atoms in total.